The van der Waals surface area contributed by atoms with E-state index < -0.39 is 4.92 Å². The van der Waals surface area contributed by atoms with Crippen molar-refractivity contribution in [1.82, 2.24) is 4.98 Å². The summed E-state index contributed by atoms with van der Waals surface area (Å²) in [6.45, 7) is 0. The minimum absolute atomic E-state index is 0.0652. The molecular weight excluding hydrogens is 278 g/mol. The second kappa shape index (κ2) is 4.34. The highest BCUT2D eigenvalue weighted by Crippen LogP contribution is 2.30. The number of nitro groups is 1. The maximum atomic E-state index is 10.5. The van der Waals surface area contributed by atoms with E-state index >= 15 is 0 Å². The summed E-state index contributed by atoms with van der Waals surface area (Å²) in [5.41, 5.74) is 5.56. The minimum Gasteiger partial charge on any atom is -0.473 e. The maximum absolute atomic E-state index is 10.5. The third-order valence-electron chi connectivity index (χ3n) is 2.41. The molecule has 0 aliphatic heterocycles. The summed E-state index contributed by atoms with van der Waals surface area (Å²) in [7, 11) is 0. The molecule has 0 amide bonds. The molecule has 86 valence electrons. The van der Waals surface area contributed by atoms with Gasteiger partial charge in [-0.1, -0.05) is 0 Å². The number of aromatic nitrogens is 1. The third-order valence-corrected chi connectivity index (χ3v) is 2.98. The van der Waals surface area contributed by atoms with Gasteiger partial charge in [0, 0.05) is 12.1 Å². The molecule has 7 heteroatoms. The molecule has 0 radical (unpaired) electrons. The summed E-state index contributed by atoms with van der Waals surface area (Å²) in [5.74, 6) is 0.377. The molecule has 16 heavy (non-hydrogen) atoms. The lowest BCUT2D eigenvalue weighted by Crippen LogP contribution is -2.43. The largest absolute Gasteiger partial charge is 0.473 e. The predicted molar refractivity (Wildman–Crippen MR) is 60.2 cm³/mol. The SMILES string of the molecule is NC1CC(Oc2ncc([N+](=O)[O-])cc2Br)C1. The van der Waals surface area contributed by atoms with Crippen LogP contribution in [-0.2, 0) is 0 Å². The zero-order valence-electron chi connectivity index (χ0n) is 8.30. The second-order valence-corrected chi connectivity index (χ2v) is 4.56. The molecule has 0 saturated heterocycles. The van der Waals surface area contributed by atoms with Gasteiger partial charge in [-0.2, -0.15) is 0 Å². The molecule has 6 nitrogen and oxygen atoms in total. The van der Waals surface area contributed by atoms with Crippen LogP contribution < -0.4 is 10.5 Å². The van der Waals surface area contributed by atoms with Gasteiger partial charge in [0.1, 0.15) is 12.3 Å². The average Bonchev–Trinajstić information content (AvgIpc) is 2.18. The highest BCUT2D eigenvalue weighted by molar-refractivity contribution is 9.10. The fraction of sp³-hybridized carbons (Fsp3) is 0.444. The smallest absolute Gasteiger partial charge is 0.288 e. The summed E-state index contributed by atoms with van der Waals surface area (Å²) in [4.78, 5) is 13.9. The van der Waals surface area contributed by atoms with Crippen LogP contribution in [0.5, 0.6) is 5.88 Å². The van der Waals surface area contributed by atoms with Gasteiger partial charge in [0.25, 0.3) is 5.69 Å². The number of rotatable bonds is 3. The monoisotopic (exact) mass is 287 g/mol. The molecular formula is C9H10BrN3O3. The summed E-state index contributed by atoms with van der Waals surface area (Å²) >= 11 is 3.19. The predicted octanol–water partition coefficient (Wildman–Crippen LogP) is 1.62. The fourth-order valence-electron chi connectivity index (χ4n) is 1.46. The summed E-state index contributed by atoms with van der Waals surface area (Å²) in [6.07, 6.45) is 2.84. The lowest BCUT2D eigenvalue weighted by Gasteiger charge is -2.32. The number of pyridine rings is 1. The van der Waals surface area contributed by atoms with Crippen LogP contribution in [0, 0.1) is 10.1 Å². The first kappa shape index (κ1) is 11.3. The lowest BCUT2D eigenvalue weighted by atomic mass is 9.90. The van der Waals surface area contributed by atoms with Gasteiger partial charge in [-0.3, -0.25) is 10.1 Å². The Balaban J connectivity index is 2.07. The van der Waals surface area contributed by atoms with E-state index in [9.17, 15) is 10.1 Å². The molecule has 0 atom stereocenters. The third kappa shape index (κ3) is 2.30. The Hall–Kier alpha value is -1.21. The summed E-state index contributed by atoms with van der Waals surface area (Å²) < 4.78 is 6.01. The van der Waals surface area contributed by atoms with E-state index in [1.807, 2.05) is 0 Å². The topological polar surface area (TPSA) is 91.3 Å². The molecule has 1 aromatic heterocycles. The molecule has 1 aliphatic rings. The number of hydrogen-bond acceptors (Lipinski definition) is 5. The van der Waals surface area contributed by atoms with E-state index in [1.54, 1.807) is 0 Å². The summed E-state index contributed by atoms with van der Waals surface area (Å²) in [5, 5.41) is 10.5. The van der Waals surface area contributed by atoms with E-state index in [4.69, 9.17) is 10.5 Å². The van der Waals surface area contributed by atoms with E-state index in [0.717, 1.165) is 12.8 Å². The Labute approximate surface area is 100 Å². The standard InChI is InChI=1S/C9H10BrN3O3/c10-8-3-6(13(14)15)4-12-9(8)16-7-1-5(11)2-7/h3-5,7H,1-2,11H2. The van der Waals surface area contributed by atoms with Gasteiger partial charge < -0.3 is 10.5 Å². The Morgan fingerprint density at radius 3 is 2.81 bits per heavy atom. The first-order valence-corrected chi connectivity index (χ1v) is 5.57. The van der Waals surface area contributed by atoms with Crippen molar-refractivity contribution in [3.63, 3.8) is 0 Å². The number of hydrogen-bond donors (Lipinski definition) is 1. The van der Waals surface area contributed by atoms with Gasteiger partial charge in [0.15, 0.2) is 0 Å². The van der Waals surface area contributed by atoms with Crippen molar-refractivity contribution in [2.75, 3.05) is 0 Å². The first-order valence-electron chi connectivity index (χ1n) is 4.78. The first-order chi connectivity index (χ1) is 7.56. The minimum atomic E-state index is -0.499. The van der Waals surface area contributed by atoms with Gasteiger partial charge in [0.2, 0.25) is 5.88 Å². The molecule has 0 spiro atoms. The van der Waals surface area contributed by atoms with Crippen molar-refractivity contribution in [2.24, 2.45) is 5.73 Å². The van der Waals surface area contributed by atoms with Crippen LogP contribution in [-0.4, -0.2) is 22.1 Å². The molecule has 1 aliphatic carbocycles. The Morgan fingerprint density at radius 2 is 2.31 bits per heavy atom. The number of nitrogens with zero attached hydrogens (tertiary/aromatic N) is 2. The molecule has 1 saturated carbocycles. The zero-order valence-corrected chi connectivity index (χ0v) is 9.88. The van der Waals surface area contributed by atoms with Crippen molar-refractivity contribution in [1.29, 1.82) is 0 Å². The summed E-state index contributed by atoms with van der Waals surface area (Å²) in [6, 6.07) is 1.57. The van der Waals surface area contributed by atoms with Crippen LogP contribution in [0.4, 0.5) is 5.69 Å². The van der Waals surface area contributed by atoms with Crippen LogP contribution >= 0.6 is 15.9 Å². The van der Waals surface area contributed by atoms with Crippen LogP contribution in [0.15, 0.2) is 16.7 Å². The van der Waals surface area contributed by atoms with Crippen molar-refractivity contribution in [3.05, 3.63) is 26.9 Å². The van der Waals surface area contributed by atoms with Crippen molar-refractivity contribution < 1.29 is 9.66 Å². The van der Waals surface area contributed by atoms with Crippen molar-refractivity contribution in [2.45, 2.75) is 25.0 Å². The van der Waals surface area contributed by atoms with E-state index in [0.29, 0.717) is 10.4 Å². The Kier molecular flexibility index (Phi) is 3.06. The molecule has 2 N–H and O–H groups in total. The second-order valence-electron chi connectivity index (χ2n) is 3.71. The molecule has 2 rings (SSSR count). The number of ether oxygens (including phenoxy) is 1. The molecule has 0 bridgehead atoms. The highest BCUT2D eigenvalue weighted by Gasteiger charge is 2.28. The number of nitrogens with two attached hydrogens (primary N) is 1. The van der Waals surface area contributed by atoms with Crippen LogP contribution in [0.1, 0.15) is 12.8 Å². The lowest BCUT2D eigenvalue weighted by molar-refractivity contribution is -0.385. The van der Waals surface area contributed by atoms with E-state index in [-0.39, 0.29) is 17.8 Å². The molecule has 1 aromatic rings. The van der Waals surface area contributed by atoms with E-state index in [2.05, 4.69) is 20.9 Å². The quantitative estimate of drug-likeness (QED) is 0.674. The van der Waals surface area contributed by atoms with Gasteiger partial charge >= 0.3 is 0 Å². The maximum Gasteiger partial charge on any atom is 0.288 e. The Morgan fingerprint density at radius 1 is 1.62 bits per heavy atom. The zero-order chi connectivity index (χ0) is 11.7. The molecule has 0 unspecified atom stereocenters. The normalized spacial score (nSPS) is 23.6. The molecule has 0 aromatic carbocycles. The van der Waals surface area contributed by atoms with Crippen LogP contribution in [0.25, 0.3) is 0 Å². The molecule has 1 fully saturated rings. The van der Waals surface area contributed by atoms with Gasteiger partial charge in [-0.25, -0.2) is 4.98 Å². The number of halogens is 1. The van der Waals surface area contributed by atoms with Crippen LogP contribution in [0.2, 0.25) is 0 Å². The fourth-order valence-corrected chi connectivity index (χ4v) is 1.89. The Bertz CT molecular complexity index is 420. The molecule has 1 heterocycles. The van der Waals surface area contributed by atoms with Crippen molar-refractivity contribution in [3.8, 4) is 5.88 Å². The van der Waals surface area contributed by atoms with Crippen molar-refractivity contribution >= 4 is 21.6 Å². The average molecular weight is 288 g/mol. The van der Waals surface area contributed by atoms with E-state index in [1.165, 1.54) is 12.3 Å². The van der Waals surface area contributed by atoms with Gasteiger partial charge in [0.05, 0.1) is 9.40 Å². The highest BCUT2D eigenvalue weighted by atomic mass is 79.9. The van der Waals surface area contributed by atoms with Gasteiger partial charge in [-0.15, -0.1) is 0 Å². The van der Waals surface area contributed by atoms with Gasteiger partial charge in [-0.05, 0) is 28.8 Å². The van der Waals surface area contributed by atoms with Crippen LogP contribution in [0.3, 0.4) is 0 Å².